The Balaban J connectivity index is 1.75. The second-order valence-electron chi connectivity index (χ2n) is 8.49. The molecule has 0 aliphatic rings. The van der Waals surface area contributed by atoms with Crippen molar-refractivity contribution in [3.63, 3.8) is 0 Å². The first kappa shape index (κ1) is 27.8. The van der Waals surface area contributed by atoms with Crippen LogP contribution in [0.15, 0.2) is 33.9 Å². The molecule has 200 valence electrons. The number of nitrogens with one attached hydrogen (secondary N) is 1. The zero-order chi connectivity index (χ0) is 26.8. The summed E-state index contributed by atoms with van der Waals surface area (Å²) >= 11 is 0. The van der Waals surface area contributed by atoms with E-state index < -0.39 is 17.2 Å². The average Bonchev–Trinajstić information content (AvgIpc) is 3.26. The van der Waals surface area contributed by atoms with Crippen LogP contribution in [0.25, 0.3) is 17.2 Å². The SMILES string of the molecule is CCCCOc1ccc(C=CC(=O)OCc2nc3c(c(=O)[nH]c(=O)n3CCCC)n2CC)cc1OCC. The van der Waals surface area contributed by atoms with Gasteiger partial charge < -0.3 is 18.8 Å². The molecule has 0 unspecified atom stereocenters. The fraction of sp³-hybridized carbons (Fsp3) is 0.481. The molecule has 0 saturated heterocycles. The Morgan fingerprint density at radius 3 is 2.51 bits per heavy atom. The summed E-state index contributed by atoms with van der Waals surface area (Å²) < 4.78 is 20.0. The number of imidazole rings is 1. The minimum absolute atomic E-state index is 0.137. The number of hydrogen-bond donors (Lipinski definition) is 1. The van der Waals surface area contributed by atoms with Gasteiger partial charge in [-0.2, -0.15) is 0 Å². The quantitative estimate of drug-likeness (QED) is 0.197. The third-order valence-corrected chi connectivity index (χ3v) is 5.79. The van der Waals surface area contributed by atoms with Gasteiger partial charge in [0.15, 0.2) is 22.7 Å². The highest BCUT2D eigenvalue weighted by atomic mass is 16.5. The van der Waals surface area contributed by atoms with Crippen LogP contribution in [0.3, 0.4) is 0 Å². The monoisotopic (exact) mass is 512 g/mol. The second-order valence-corrected chi connectivity index (χ2v) is 8.49. The fourth-order valence-corrected chi connectivity index (χ4v) is 3.88. The maximum absolute atomic E-state index is 12.5. The van der Waals surface area contributed by atoms with Crippen LogP contribution in [0.5, 0.6) is 11.5 Å². The number of ether oxygens (including phenoxy) is 3. The van der Waals surface area contributed by atoms with Crippen molar-refractivity contribution in [2.45, 2.75) is 73.1 Å². The summed E-state index contributed by atoms with van der Waals surface area (Å²) in [6.45, 7) is 9.72. The third kappa shape index (κ3) is 6.90. The lowest BCUT2D eigenvalue weighted by Crippen LogP contribution is -2.31. The molecule has 1 N–H and O–H groups in total. The van der Waals surface area contributed by atoms with Crippen molar-refractivity contribution in [1.29, 1.82) is 0 Å². The lowest BCUT2D eigenvalue weighted by atomic mass is 10.2. The van der Waals surface area contributed by atoms with E-state index in [1.165, 1.54) is 10.6 Å². The maximum Gasteiger partial charge on any atom is 0.331 e. The third-order valence-electron chi connectivity index (χ3n) is 5.79. The first-order valence-corrected chi connectivity index (χ1v) is 12.9. The molecular formula is C27H36N4O6. The van der Waals surface area contributed by atoms with Crippen LogP contribution in [0.4, 0.5) is 0 Å². The van der Waals surface area contributed by atoms with Gasteiger partial charge in [-0.1, -0.05) is 32.8 Å². The van der Waals surface area contributed by atoms with Crippen molar-refractivity contribution in [3.05, 3.63) is 56.5 Å². The van der Waals surface area contributed by atoms with Crippen molar-refractivity contribution in [2.24, 2.45) is 0 Å². The summed E-state index contributed by atoms with van der Waals surface area (Å²) in [6.07, 6.45) is 6.61. The molecule has 10 heteroatoms. The summed E-state index contributed by atoms with van der Waals surface area (Å²) in [5.74, 6) is 1.12. The van der Waals surface area contributed by atoms with Crippen molar-refractivity contribution in [1.82, 2.24) is 19.1 Å². The van der Waals surface area contributed by atoms with E-state index in [1.54, 1.807) is 10.6 Å². The number of hydrogen-bond acceptors (Lipinski definition) is 7. The van der Waals surface area contributed by atoms with Crippen molar-refractivity contribution in [2.75, 3.05) is 13.2 Å². The number of aromatic amines is 1. The number of nitrogens with zero attached hydrogens (tertiary/aromatic N) is 3. The molecule has 0 spiro atoms. The van der Waals surface area contributed by atoms with Crippen LogP contribution in [-0.2, 0) is 29.2 Å². The number of fused-ring (bicyclic) bond motifs is 1. The highest BCUT2D eigenvalue weighted by Gasteiger charge is 2.18. The van der Waals surface area contributed by atoms with Gasteiger partial charge in [0.05, 0.1) is 13.2 Å². The molecule has 37 heavy (non-hydrogen) atoms. The highest BCUT2D eigenvalue weighted by molar-refractivity contribution is 5.87. The molecule has 3 rings (SSSR count). The van der Waals surface area contributed by atoms with Crippen LogP contribution < -0.4 is 20.7 Å². The molecule has 0 saturated carbocycles. The smallest absolute Gasteiger partial charge is 0.331 e. The number of benzene rings is 1. The average molecular weight is 513 g/mol. The van der Waals surface area contributed by atoms with E-state index in [9.17, 15) is 14.4 Å². The van der Waals surface area contributed by atoms with Crippen molar-refractivity contribution < 1.29 is 19.0 Å². The number of unbranched alkanes of at least 4 members (excludes halogenated alkanes) is 2. The van der Waals surface area contributed by atoms with Gasteiger partial charge in [-0.3, -0.25) is 14.3 Å². The van der Waals surface area contributed by atoms with Gasteiger partial charge in [0, 0.05) is 19.2 Å². The Morgan fingerprint density at radius 2 is 1.81 bits per heavy atom. The number of aryl methyl sites for hydroxylation is 2. The minimum Gasteiger partial charge on any atom is -0.490 e. The number of aromatic nitrogens is 4. The second kappa shape index (κ2) is 13.5. The van der Waals surface area contributed by atoms with E-state index in [0.717, 1.165) is 31.2 Å². The minimum atomic E-state index is -0.562. The lowest BCUT2D eigenvalue weighted by molar-refractivity contribution is -0.139. The zero-order valence-electron chi connectivity index (χ0n) is 22.0. The lowest BCUT2D eigenvalue weighted by Gasteiger charge is -2.12. The summed E-state index contributed by atoms with van der Waals surface area (Å²) in [7, 11) is 0. The summed E-state index contributed by atoms with van der Waals surface area (Å²) in [5, 5.41) is 0. The largest absolute Gasteiger partial charge is 0.490 e. The molecule has 0 bridgehead atoms. The molecule has 0 radical (unpaired) electrons. The molecule has 0 fully saturated rings. The van der Waals surface area contributed by atoms with Crippen LogP contribution in [-0.4, -0.2) is 38.3 Å². The number of esters is 1. The van der Waals surface area contributed by atoms with Crippen LogP contribution in [0, 0.1) is 0 Å². The number of H-pyrrole nitrogens is 1. The fourth-order valence-electron chi connectivity index (χ4n) is 3.88. The predicted octanol–water partition coefficient (Wildman–Crippen LogP) is 4.04. The first-order chi connectivity index (χ1) is 17.9. The summed E-state index contributed by atoms with van der Waals surface area (Å²) in [5.41, 5.74) is 0.355. The van der Waals surface area contributed by atoms with Crippen molar-refractivity contribution in [3.8, 4) is 11.5 Å². The maximum atomic E-state index is 12.5. The molecule has 0 aliphatic heterocycles. The zero-order valence-corrected chi connectivity index (χ0v) is 22.0. The van der Waals surface area contributed by atoms with Crippen molar-refractivity contribution >= 4 is 23.2 Å². The van der Waals surface area contributed by atoms with E-state index in [2.05, 4.69) is 16.9 Å². The van der Waals surface area contributed by atoms with E-state index in [1.807, 2.05) is 39.0 Å². The van der Waals surface area contributed by atoms with Crippen LogP contribution in [0.2, 0.25) is 0 Å². The standard InChI is InChI=1S/C27H36N4O6/c1-5-9-15-31-25-24(26(33)29-27(31)34)30(7-3)22(28-25)18-37-23(32)14-12-19-11-13-20(36-16-10-6-2)21(17-19)35-8-4/h11-14,17H,5-10,15-16,18H2,1-4H3,(H,29,33,34). The van der Waals surface area contributed by atoms with Gasteiger partial charge >= 0.3 is 11.7 Å². The Kier molecular flexibility index (Phi) is 10.1. The van der Waals surface area contributed by atoms with Gasteiger partial charge in [0.2, 0.25) is 0 Å². The van der Waals surface area contributed by atoms with Gasteiger partial charge in [-0.25, -0.2) is 14.6 Å². The Morgan fingerprint density at radius 1 is 1.03 bits per heavy atom. The van der Waals surface area contributed by atoms with Gasteiger partial charge in [0.25, 0.3) is 5.56 Å². The Labute approximate surface area is 215 Å². The highest BCUT2D eigenvalue weighted by Crippen LogP contribution is 2.29. The topological polar surface area (TPSA) is 117 Å². The molecule has 2 heterocycles. The van der Waals surface area contributed by atoms with Crippen LogP contribution in [0.1, 0.15) is 64.8 Å². The first-order valence-electron chi connectivity index (χ1n) is 12.9. The number of rotatable bonds is 14. The molecule has 0 aliphatic carbocycles. The Hall–Kier alpha value is -3.82. The van der Waals surface area contributed by atoms with Gasteiger partial charge in [0.1, 0.15) is 12.4 Å². The normalized spacial score (nSPS) is 11.4. The Bertz CT molecular complexity index is 1350. The molecule has 2 aromatic heterocycles. The van der Waals surface area contributed by atoms with Crippen LogP contribution >= 0.6 is 0 Å². The summed E-state index contributed by atoms with van der Waals surface area (Å²) in [4.78, 5) is 44.2. The molecule has 0 atom stereocenters. The molecule has 10 nitrogen and oxygen atoms in total. The van der Waals surface area contributed by atoms with E-state index in [4.69, 9.17) is 14.2 Å². The number of carbonyl (C=O) groups is 1. The van der Waals surface area contributed by atoms with E-state index in [0.29, 0.717) is 54.8 Å². The predicted molar refractivity (Wildman–Crippen MR) is 142 cm³/mol. The molecular weight excluding hydrogens is 476 g/mol. The van der Waals surface area contributed by atoms with Gasteiger partial charge in [-0.05, 0) is 50.5 Å². The molecule has 1 aromatic carbocycles. The molecule has 3 aromatic rings. The van der Waals surface area contributed by atoms with Gasteiger partial charge in [-0.15, -0.1) is 0 Å². The van der Waals surface area contributed by atoms with E-state index >= 15 is 0 Å². The number of carbonyl (C=O) groups excluding carboxylic acids is 1. The molecule has 0 amide bonds. The summed E-state index contributed by atoms with van der Waals surface area (Å²) in [6, 6.07) is 5.48. The van der Waals surface area contributed by atoms with E-state index in [-0.39, 0.29) is 6.61 Å².